The largest absolute Gasteiger partial charge is 0.480 e. The van der Waals surface area contributed by atoms with Gasteiger partial charge in [-0.1, -0.05) is 19.1 Å². The lowest BCUT2D eigenvalue weighted by Crippen LogP contribution is -2.35. The van der Waals surface area contributed by atoms with Crippen LogP contribution in [0.5, 0.6) is 5.88 Å². The van der Waals surface area contributed by atoms with Gasteiger partial charge in [-0.15, -0.1) is 0 Å². The highest BCUT2D eigenvalue weighted by molar-refractivity contribution is 7.91. The summed E-state index contributed by atoms with van der Waals surface area (Å²) in [5.74, 6) is -1.08. The first-order valence-corrected chi connectivity index (χ1v) is 16.9. The molecule has 1 aliphatic rings. The van der Waals surface area contributed by atoms with Crippen molar-refractivity contribution in [2.45, 2.75) is 43.0 Å². The summed E-state index contributed by atoms with van der Waals surface area (Å²) in [5.41, 5.74) is 1.39. The monoisotopic (exact) mass is 700 g/mol. The number of carbonyl (C=O) groups is 2. The lowest BCUT2D eigenvalue weighted by Gasteiger charge is -2.25. The molecule has 14 nitrogen and oxygen atoms in total. The first-order chi connectivity index (χ1) is 23.5. The number of ether oxygens (including phenoxy) is 3. The molecule has 1 fully saturated rings. The van der Waals surface area contributed by atoms with E-state index in [0.717, 1.165) is 5.69 Å². The highest BCUT2D eigenvalue weighted by Gasteiger charge is 2.35. The van der Waals surface area contributed by atoms with E-state index >= 15 is 0 Å². The molecule has 0 aliphatic carbocycles. The molecule has 1 aliphatic heterocycles. The maximum atomic E-state index is 13.3. The number of anilines is 1. The minimum absolute atomic E-state index is 0.0826. The maximum Gasteiger partial charge on any atom is 0.345 e. The molecular formula is C32H34F2N6O8S. The van der Waals surface area contributed by atoms with E-state index in [1.54, 1.807) is 52.4 Å². The number of pyridine rings is 2. The van der Waals surface area contributed by atoms with Crippen LogP contribution in [0.1, 0.15) is 35.3 Å². The Morgan fingerprint density at radius 3 is 2.49 bits per heavy atom. The molecule has 2 N–H and O–H groups in total. The molecule has 0 saturated carbocycles. The predicted molar refractivity (Wildman–Crippen MR) is 171 cm³/mol. The number of nitrogens with zero attached hydrogens (tertiary/aromatic N) is 5. The summed E-state index contributed by atoms with van der Waals surface area (Å²) >= 11 is 0. The third-order valence-corrected chi connectivity index (χ3v) is 9.46. The van der Waals surface area contributed by atoms with Crippen LogP contribution in [0.25, 0.3) is 5.69 Å². The average molecular weight is 701 g/mol. The number of carboxylic acid groups (broad SMARTS) is 1. The van der Waals surface area contributed by atoms with Crippen molar-refractivity contribution >= 4 is 27.5 Å². The molecule has 260 valence electrons. The topological polar surface area (TPSA) is 175 Å². The zero-order chi connectivity index (χ0) is 35.0. The van der Waals surface area contributed by atoms with Crippen LogP contribution in [0.3, 0.4) is 0 Å². The van der Waals surface area contributed by atoms with E-state index in [9.17, 15) is 26.8 Å². The second-order valence-electron chi connectivity index (χ2n) is 11.0. The average Bonchev–Trinajstić information content (AvgIpc) is 3.78. The van der Waals surface area contributed by atoms with Gasteiger partial charge in [0.1, 0.15) is 18.5 Å². The lowest BCUT2D eigenvalue weighted by molar-refractivity contribution is -0.142. The molecule has 3 aromatic heterocycles. The molecule has 1 amide bonds. The van der Waals surface area contributed by atoms with E-state index < -0.39 is 53.1 Å². The van der Waals surface area contributed by atoms with E-state index in [1.807, 2.05) is 0 Å². The summed E-state index contributed by atoms with van der Waals surface area (Å²) < 4.78 is 68.0. The SMILES string of the molecule is CCS(=O)(=O)c1ccc([C@H](COCC(=O)O)NC(=O)c2ccc(N3CC(Oc4ccc(-n5cccn5)cn4)C[C@H]3COC(F)F)nc2)cc1. The number of alkyl halides is 2. The zero-order valence-electron chi connectivity index (χ0n) is 26.3. The fraction of sp³-hybridized carbons (Fsp3) is 0.344. The molecule has 0 bridgehead atoms. The predicted octanol–water partition coefficient (Wildman–Crippen LogP) is 3.29. The fourth-order valence-corrected chi connectivity index (χ4v) is 6.13. The number of aliphatic carboxylic acids is 1. The van der Waals surface area contributed by atoms with Crippen LogP contribution in [0.2, 0.25) is 0 Å². The number of carboxylic acids is 1. The number of hydrogen-bond acceptors (Lipinski definition) is 11. The van der Waals surface area contributed by atoms with Crippen LogP contribution >= 0.6 is 0 Å². The smallest absolute Gasteiger partial charge is 0.345 e. The van der Waals surface area contributed by atoms with Gasteiger partial charge in [0, 0.05) is 31.1 Å². The normalized spacial score (nSPS) is 16.9. The Morgan fingerprint density at radius 1 is 1.08 bits per heavy atom. The van der Waals surface area contributed by atoms with E-state index in [4.69, 9.17) is 14.6 Å². The highest BCUT2D eigenvalue weighted by Crippen LogP contribution is 2.28. The van der Waals surface area contributed by atoms with E-state index in [0.29, 0.717) is 23.7 Å². The van der Waals surface area contributed by atoms with Gasteiger partial charge in [0.25, 0.3) is 5.91 Å². The van der Waals surface area contributed by atoms with E-state index in [1.165, 1.54) is 43.5 Å². The Hall–Kier alpha value is -5.00. The van der Waals surface area contributed by atoms with E-state index in [-0.39, 0.29) is 36.0 Å². The fourth-order valence-electron chi connectivity index (χ4n) is 5.24. The second-order valence-corrected chi connectivity index (χ2v) is 13.3. The van der Waals surface area contributed by atoms with Crippen molar-refractivity contribution in [3.63, 3.8) is 0 Å². The molecular weight excluding hydrogens is 666 g/mol. The molecule has 5 rings (SSSR count). The molecule has 1 aromatic carbocycles. The van der Waals surface area contributed by atoms with Crippen molar-refractivity contribution in [2.24, 2.45) is 0 Å². The summed E-state index contributed by atoms with van der Waals surface area (Å²) in [6.07, 6.45) is 6.27. The van der Waals surface area contributed by atoms with Gasteiger partial charge in [-0.05, 0) is 42.0 Å². The van der Waals surface area contributed by atoms with Crippen LogP contribution in [-0.2, 0) is 24.1 Å². The van der Waals surface area contributed by atoms with Gasteiger partial charge in [-0.2, -0.15) is 13.9 Å². The van der Waals surface area contributed by atoms with Crippen LogP contribution in [0, 0.1) is 0 Å². The maximum absolute atomic E-state index is 13.3. The Kier molecular flexibility index (Phi) is 11.5. The molecule has 17 heteroatoms. The minimum Gasteiger partial charge on any atom is -0.480 e. The Labute approximate surface area is 280 Å². The van der Waals surface area contributed by atoms with Gasteiger partial charge in [-0.25, -0.2) is 27.9 Å². The number of hydrogen-bond donors (Lipinski definition) is 2. The quantitative estimate of drug-likeness (QED) is 0.175. The first kappa shape index (κ1) is 35.3. The molecule has 0 spiro atoms. The standard InChI is InChI=1S/C32H34F2N6O8S/c1-2-49(44,45)26-8-4-21(5-9-26)27(19-46-20-30(41)42)38-31(43)22-6-10-28(35-15-22)39-17-25(14-24(39)18-47-32(33)34)48-29-11-7-23(16-36-29)40-13-3-12-37-40/h3-13,15-16,24-25,27,32H,2,14,17-20H2,1H3,(H,38,43)(H,41,42)/t24-,25?,27-/m0/s1. The van der Waals surface area contributed by atoms with Crippen LogP contribution < -0.4 is 15.0 Å². The molecule has 1 unspecified atom stereocenters. The van der Waals surface area contributed by atoms with Crippen molar-refractivity contribution in [2.75, 3.05) is 37.0 Å². The van der Waals surface area contributed by atoms with Crippen molar-refractivity contribution < 1.29 is 46.1 Å². The molecule has 49 heavy (non-hydrogen) atoms. The van der Waals surface area contributed by atoms with Gasteiger partial charge in [0.05, 0.1) is 59.9 Å². The molecule has 3 atom stereocenters. The Bertz CT molecular complexity index is 1790. The number of amides is 1. The number of aromatic nitrogens is 4. The number of halogens is 2. The van der Waals surface area contributed by atoms with Gasteiger partial charge in [-0.3, -0.25) is 4.79 Å². The second kappa shape index (κ2) is 15.9. The summed E-state index contributed by atoms with van der Waals surface area (Å²) in [6.45, 7) is -2.24. The number of rotatable bonds is 16. The molecule has 0 radical (unpaired) electrons. The molecule has 4 heterocycles. The third kappa shape index (κ3) is 9.33. The summed E-state index contributed by atoms with van der Waals surface area (Å²) in [5, 5.41) is 15.9. The number of sulfone groups is 1. The number of carbonyl (C=O) groups excluding carboxylic acids is 1. The molecule has 1 saturated heterocycles. The van der Waals surface area contributed by atoms with Crippen molar-refractivity contribution in [3.8, 4) is 11.6 Å². The summed E-state index contributed by atoms with van der Waals surface area (Å²) in [4.78, 5) is 34.9. The minimum atomic E-state index is -3.45. The molecule has 4 aromatic rings. The highest BCUT2D eigenvalue weighted by atomic mass is 32.2. The van der Waals surface area contributed by atoms with Crippen LogP contribution in [0.15, 0.2) is 84.3 Å². The summed E-state index contributed by atoms with van der Waals surface area (Å²) in [6, 6.07) is 12.9. The first-order valence-electron chi connectivity index (χ1n) is 15.2. The third-order valence-electron chi connectivity index (χ3n) is 7.71. The van der Waals surface area contributed by atoms with Gasteiger partial charge in [0.2, 0.25) is 5.88 Å². The van der Waals surface area contributed by atoms with Gasteiger partial charge < -0.3 is 29.5 Å². The summed E-state index contributed by atoms with van der Waals surface area (Å²) in [7, 11) is -3.45. The van der Waals surface area contributed by atoms with Crippen molar-refractivity contribution in [1.29, 1.82) is 0 Å². The Balaban J connectivity index is 1.27. The lowest BCUT2D eigenvalue weighted by atomic mass is 10.1. The van der Waals surface area contributed by atoms with Crippen LogP contribution in [0.4, 0.5) is 14.6 Å². The van der Waals surface area contributed by atoms with Gasteiger partial charge in [0.15, 0.2) is 9.84 Å². The van der Waals surface area contributed by atoms with Crippen molar-refractivity contribution in [3.05, 3.63) is 90.5 Å². The number of nitrogens with one attached hydrogen (secondary N) is 1. The number of benzene rings is 1. The van der Waals surface area contributed by atoms with Crippen molar-refractivity contribution in [1.82, 2.24) is 25.1 Å². The zero-order valence-corrected chi connectivity index (χ0v) is 27.1. The Morgan fingerprint density at radius 2 is 1.88 bits per heavy atom. The van der Waals surface area contributed by atoms with Crippen LogP contribution in [-0.4, -0.2) is 96.0 Å². The van der Waals surface area contributed by atoms with E-state index in [2.05, 4.69) is 25.1 Å². The van der Waals surface area contributed by atoms with Gasteiger partial charge >= 0.3 is 12.6 Å².